The summed E-state index contributed by atoms with van der Waals surface area (Å²) >= 11 is 0. The summed E-state index contributed by atoms with van der Waals surface area (Å²) in [5.41, 5.74) is 0.755. The van der Waals surface area contributed by atoms with Crippen molar-refractivity contribution >= 4 is 5.69 Å². The van der Waals surface area contributed by atoms with E-state index >= 15 is 0 Å². The zero-order valence-electron chi connectivity index (χ0n) is 10.2. The Morgan fingerprint density at radius 1 is 1.05 bits per heavy atom. The molecule has 0 fully saturated rings. The number of ether oxygens (including phenoxy) is 1. The molecule has 19 heavy (non-hydrogen) atoms. The van der Waals surface area contributed by atoms with Crippen molar-refractivity contribution in [2.24, 2.45) is 0 Å². The molecule has 0 bridgehead atoms. The van der Waals surface area contributed by atoms with Crippen LogP contribution in [0.15, 0.2) is 36.4 Å². The van der Waals surface area contributed by atoms with Crippen molar-refractivity contribution in [3.05, 3.63) is 59.4 Å². The lowest BCUT2D eigenvalue weighted by atomic mass is 10.2. The van der Waals surface area contributed by atoms with Crippen LogP contribution in [0.4, 0.5) is 18.9 Å². The SMILES string of the molecule is COc1cccc(CNc2ccc(F)c(F)c2)c1F. The maximum absolute atomic E-state index is 13.8. The quantitative estimate of drug-likeness (QED) is 0.911. The second-order valence-electron chi connectivity index (χ2n) is 3.92. The summed E-state index contributed by atoms with van der Waals surface area (Å²) in [5.74, 6) is -2.20. The Labute approximate surface area is 108 Å². The lowest BCUT2D eigenvalue weighted by molar-refractivity contribution is 0.384. The molecule has 2 nitrogen and oxygen atoms in total. The Morgan fingerprint density at radius 3 is 2.53 bits per heavy atom. The largest absolute Gasteiger partial charge is 0.494 e. The van der Waals surface area contributed by atoms with Gasteiger partial charge in [0.05, 0.1) is 7.11 Å². The van der Waals surface area contributed by atoms with E-state index in [1.54, 1.807) is 12.1 Å². The minimum absolute atomic E-state index is 0.143. The molecule has 0 unspecified atom stereocenters. The van der Waals surface area contributed by atoms with E-state index in [-0.39, 0.29) is 12.3 Å². The van der Waals surface area contributed by atoms with E-state index in [9.17, 15) is 13.2 Å². The van der Waals surface area contributed by atoms with Gasteiger partial charge in [0.2, 0.25) is 0 Å². The summed E-state index contributed by atoms with van der Waals surface area (Å²) < 4.78 is 44.4. The van der Waals surface area contributed by atoms with Crippen molar-refractivity contribution in [3.8, 4) is 5.75 Å². The zero-order chi connectivity index (χ0) is 13.8. The van der Waals surface area contributed by atoms with Crippen molar-refractivity contribution in [2.75, 3.05) is 12.4 Å². The summed E-state index contributed by atoms with van der Waals surface area (Å²) in [6, 6.07) is 8.18. The first-order valence-corrected chi connectivity index (χ1v) is 5.62. The maximum atomic E-state index is 13.8. The van der Waals surface area contributed by atoms with Crippen LogP contribution >= 0.6 is 0 Å². The van der Waals surface area contributed by atoms with Crippen LogP contribution in [0.1, 0.15) is 5.56 Å². The molecule has 0 amide bonds. The van der Waals surface area contributed by atoms with Crippen LogP contribution in [0.25, 0.3) is 0 Å². The molecule has 0 radical (unpaired) electrons. The van der Waals surface area contributed by atoms with Crippen LogP contribution in [-0.2, 0) is 6.54 Å². The highest BCUT2D eigenvalue weighted by Crippen LogP contribution is 2.21. The molecular formula is C14H12F3NO. The van der Waals surface area contributed by atoms with Crippen LogP contribution in [0, 0.1) is 17.5 Å². The fourth-order valence-electron chi connectivity index (χ4n) is 1.65. The number of halogens is 3. The molecule has 2 aromatic rings. The third-order valence-corrected chi connectivity index (χ3v) is 2.67. The van der Waals surface area contributed by atoms with Gasteiger partial charge >= 0.3 is 0 Å². The molecule has 0 saturated heterocycles. The van der Waals surface area contributed by atoms with E-state index in [1.807, 2.05) is 0 Å². The van der Waals surface area contributed by atoms with Crippen molar-refractivity contribution in [1.82, 2.24) is 0 Å². The molecule has 0 atom stereocenters. The summed E-state index contributed by atoms with van der Waals surface area (Å²) in [6.07, 6.45) is 0. The van der Waals surface area contributed by atoms with E-state index in [4.69, 9.17) is 4.74 Å². The normalized spacial score (nSPS) is 10.3. The highest BCUT2D eigenvalue weighted by molar-refractivity contribution is 5.44. The van der Waals surface area contributed by atoms with E-state index in [1.165, 1.54) is 19.2 Å². The van der Waals surface area contributed by atoms with Crippen LogP contribution < -0.4 is 10.1 Å². The molecule has 0 saturated carbocycles. The van der Waals surface area contributed by atoms with Gasteiger partial charge in [-0.1, -0.05) is 12.1 Å². The molecule has 0 spiro atoms. The highest BCUT2D eigenvalue weighted by Gasteiger charge is 2.08. The Bertz CT molecular complexity index is 587. The summed E-state index contributed by atoms with van der Waals surface area (Å²) in [5, 5.41) is 2.82. The Balaban J connectivity index is 2.12. The Morgan fingerprint density at radius 2 is 1.84 bits per heavy atom. The van der Waals surface area contributed by atoms with Crippen LogP contribution in [-0.4, -0.2) is 7.11 Å². The van der Waals surface area contributed by atoms with Gasteiger partial charge in [0.15, 0.2) is 23.2 Å². The third-order valence-electron chi connectivity index (χ3n) is 2.67. The molecule has 0 aliphatic rings. The van der Waals surface area contributed by atoms with Crippen molar-refractivity contribution in [3.63, 3.8) is 0 Å². The summed E-state index contributed by atoms with van der Waals surface area (Å²) in [7, 11) is 1.38. The van der Waals surface area contributed by atoms with Gasteiger partial charge in [-0.25, -0.2) is 13.2 Å². The number of hydrogen-bond donors (Lipinski definition) is 1. The molecule has 0 aromatic heterocycles. The molecule has 2 rings (SSSR count). The number of methoxy groups -OCH3 is 1. The number of rotatable bonds is 4. The molecule has 2 aromatic carbocycles. The van der Waals surface area contributed by atoms with Crippen LogP contribution in [0.5, 0.6) is 5.75 Å². The average molecular weight is 267 g/mol. The first-order valence-electron chi connectivity index (χ1n) is 5.62. The predicted octanol–water partition coefficient (Wildman–Crippen LogP) is 3.72. The standard InChI is InChI=1S/C14H12F3NO/c1-19-13-4-2-3-9(14(13)17)8-18-10-5-6-11(15)12(16)7-10/h2-7,18H,8H2,1H3. The van der Waals surface area contributed by atoms with Gasteiger partial charge in [0, 0.05) is 23.9 Å². The topological polar surface area (TPSA) is 21.3 Å². The molecule has 0 heterocycles. The highest BCUT2D eigenvalue weighted by atomic mass is 19.2. The summed E-state index contributed by atoms with van der Waals surface area (Å²) in [4.78, 5) is 0. The van der Waals surface area contributed by atoms with Gasteiger partial charge in [0.25, 0.3) is 0 Å². The Kier molecular flexibility index (Phi) is 3.94. The minimum atomic E-state index is -0.948. The number of nitrogens with one attached hydrogen (secondary N) is 1. The molecule has 0 aliphatic carbocycles. The number of hydrogen-bond acceptors (Lipinski definition) is 2. The van der Waals surface area contributed by atoms with Crippen molar-refractivity contribution in [2.45, 2.75) is 6.54 Å². The van der Waals surface area contributed by atoms with Gasteiger partial charge in [-0.2, -0.15) is 0 Å². The molecule has 5 heteroatoms. The molecule has 100 valence electrons. The van der Waals surface area contributed by atoms with Gasteiger partial charge in [-0.15, -0.1) is 0 Å². The molecular weight excluding hydrogens is 255 g/mol. The average Bonchev–Trinajstić information content (AvgIpc) is 2.41. The summed E-state index contributed by atoms with van der Waals surface area (Å²) in [6.45, 7) is 0.147. The Hall–Kier alpha value is -2.17. The number of benzene rings is 2. The molecule has 0 aliphatic heterocycles. The van der Waals surface area contributed by atoms with Crippen LogP contribution in [0.3, 0.4) is 0 Å². The zero-order valence-corrected chi connectivity index (χ0v) is 10.2. The minimum Gasteiger partial charge on any atom is -0.494 e. The van der Waals surface area contributed by atoms with Gasteiger partial charge in [-0.3, -0.25) is 0 Å². The fourth-order valence-corrected chi connectivity index (χ4v) is 1.65. The van der Waals surface area contributed by atoms with E-state index in [0.29, 0.717) is 11.3 Å². The monoisotopic (exact) mass is 267 g/mol. The lowest BCUT2D eigenvalue weighted by Gasteiger charge is -2.10. The predicted molar refractivity (Wildman–Crippen MR) is 66.6 cm³/mol. The van der Waals surface area contributed by atoms with E-state index in [2.05, 4.69) is 5.32 Å². The second-order valence-corrected chi connectivity index (χ2v) is 3.92. The first kappa shape index (κ1) is 13.3. The fraction of sp³-hybridized carbons (Fsp3) is 0.143. The van der Waals surface area contributed by atoms with Crippen molar-refractivity contribution < 1.29 is 17.9 Å². The van der Waals surface area contributed by atoms with Crippen LogP contribution in [0.2, 0.25) is 0 Å². The van der Waals surface area contributed by atoms with Crippen molar-refractivity contribution in [1.29, 1.82) is 0 Å². The number of anilines is 1. The van der Waals surface area contributed by atoms with Gasteiger partial charge in [0.1, 0.15) is 0 Å². The molecule has 1 N–H and O–H groups in total. The smallest absolute Gasteiger partial charge is 0.170 e. The maximum Gasteiger partial charge on any atom is 0.170 e. The second kappa shape index (κ2) is 5.65. The van der Waals surface area contributed by atoms with E-state index in [0.717, 1.165) is 12.1 Å². The third kappa shape index (κ3) is 2.99. The van der Waals surface area contributed by atoms with Gasteiger partial charge in [-0.05, 0) is 18.2 Å². The first-order chi connectivity index (χ1) is 9.11. The lowest BCUT2D eigenvalue weighted by Crippen LogP contribution is -2.03. The van der Waals surface area contributed by atoms with E-state index < -0.39 is 17.5 Å². The van der Waals surface area contributed by atoms with Gasteiger partial charge < -0.3 is 10.1 Å².